The number of carbonyl (C=O) groups excluding carboxylic acids is 2. The van der Waals surface area contributed by atoms with Crippen LogP contribution in [0, 0.1) is 5.92 Å². The summed E-state index contributed by atoms with van der Waals surface area (Å²) in [6.45, 7) is 5.58. The fraction of sp³-hybridized carbons (Fsp3) is 0.583. The molecule has 3 fully saturated rings. The van der Waals surface area contributed by atoms with Crippen molar-refractivity contribution < 1.29 is 18.0 Å². The van der Waals surface area contributed by atoms with Gasteiger partial charge in [0.2, 0.25) is 21.8 Å². The third-order valence-corrected chi connectivity index (χ3v) is 8.46. The minimum Gasteiger partial charge on any atom is -0.342 e. The number of sulfonamides is 1. The van der Waals surface area contributed by atoms with E-state index in [9.17, 15) is 18.0 Å². The number of hydrogen-bond donors (Lipinski definition) is 0. The summed E-state index contributed by atoms with van der Waals surface area (Å²) in [5, 5.41) is 1.26. The number of likely N-dealkylation sites (tertiary alicyclic amines) is 1. The topological polar surface area (TPSA) is 81.2 Å². The Hall–Kier alpha value is -2.23. The van der Waals surface area contributed by atoms with Gasteiger partial charge in [0.1, 0.15) is 0 Å². The molecule has 0 saturated carbocycles. The third-order valence-electron chi connectivity index (χ3n) is 6.90. The predicted molar refractivity (Wildman–Crippen MR) is 128 cm³/mol. The summed E-state index contributed by atoms with van der Waals surface area (Å²) in [6.07, 6.45) is 4.89. The van der Waals surface area contributed by atoms with E-state index >= 15 is 0 Å². The van der Waals surface area contributed by atoms with Crippen LogP contribution < -0.4 is 0 Å². The van der Waals surface area contributed by atoms with Gasteiger partial charge in [0.05, 0.1) is 6.54 Å². The molecule has 0 bridgehead atoms. The molecule has 4 rings (SSSR count). The van der Waals surface area contributed by atoms with Crippen molar-refractivity contribution in [3.63, 3.8) is 0 Å². The maximum absolute atomic E-state index is 13.0. The van der Waals surface area contributed by atoms with Gasteiger partial charge in [-0.15, -0.1) is 0 Å². The largest absolute Gasteiger partial charge is 0.342 e. The zero-order valence-electron chi connectivity index (χ0n) is 19.1. The maximum atomic E-state index is 13.0. The van der Waals surface area contributed by atoms with Gasteiger partial charge >= 0.3 is 0 Å². The van der Waals surface area contributed by atoms with E-state index < -0.39 is 10.0 Å². The van der Waals surface area contributed by atoms with Crippen LogP contribution in [0.2, 0.25) is 0 Å². The van der Waals surface area contributed by atoms with Gasteiger partial charge in [-0.05, 0) is 37.3 Å². The Morgan fingerprint density at radius 3 is 2.12 bits per heavy atom. The van der Waals surface area contributed by atoms with E-state index in [-0.39, 0.29) is 17.7 Å². The first-order valence-corrected chi connectivity index (χ1v) is 13.4. The molecule has 1 aromatic carbocycles. The predicted octanol–water partition coefficient (Wildman–Crippen LogP) is 1.47. The summed E-state index contributed by atoms with van der Waals surface area (Å²) in [5.41, 5.74) is 0.840. The second-order valence-corrected chi connectivity index (χ2v) is 10.9. The monoisotopic (exact) mass is 474 g/mol. The molecule has 0 unspecified atom stereocenters. The van der Waals surface area contributed by atoms with Crippen LogP contribution >= 0.6 is 0 Å². The molecule has 1 aromatic rings. The Morgan fingerprint density at radius 1 is 0.848 bits per heavy atom. The Balaban J connectivity index is 1.22. The van der Waals surface area contributed by atoms with Gasteiger partial charge in [-0.1, -0.05) is 30.3 Å². The van der Waals surface area contributed by atoms with Gasteiger partial charge in [-0.3, -0.25) is 14.5 Å². The van der Waals surface area contributed by atoms with Crippen LogP contribution in [0.4, 0.5) is 0 Å². The first-order valence-electron chi connectivity index (χ1n) is 11.9. The summed E-state index contributed by atoms with van der Waals surface area (Å²) in [7, 11) is -3.50. The first-order chi connectivity index (χ1) is 15.9. The molecule has 8 nitrogen and oxygen atoms in total. The standard InChI is InChI=1S/C24H34N4O4S/c29-23(26-11-4-5-12-26)20-25-15-17-27(18-16-25)24(30)22-8-13-28(14-9-22)33(31,32)19-10-21-6-2-1-3-7-21/h1-3,6-7,10,19,22H,4-5,8-9,11-18,20H2/b19-10+. The highest BCUT2D eigenvalue weighted by Crippen LogP contribution is 2.23. The number of nitrogens with zero attached hydrogens (tertiary/aromatic N) is 4. The average Bonchev–Trinajstić information content (AvgIpc) is 3.39. The lowest BCUT2D eigenvalue weighted by atomic mass is 9.96. The molecule has 0 atom stereocenters. The fourth-order valence-corrected chi connectivity index (χ4v) is 6.04. The molecule has 3 saturated heterocycles. The van der Waals surface area contributed by atoms with Crippen molar-refractivity contribution in [2.45, 2.75) is 25.7 Å². The SMILES string of the molecule is O=C(CN1CCN(C(=O)C2CCN(S(=O)(=O)/C=C/c3ccccc3)CC2)CC1)N1CCCC1. The van der Waals surface area contributed by atoms with Crippen molar-refractivity contribution in [3.05, 3.63) is 41.3 Å². The molecule has 0 aromatic heterocycles. The van der Waals surface area contributed by atoms with Gasteiger partial charge in [0.15, 0.2) is 0 Å². The van der Waals surface area contributed by atoms with Gasteiger partial charge in [0, 0.05) is 63.7 Å². The van der Waals surface area contributed by atoms with Crippen LogP contribution in [0.25, 0.3) is 6.08 Å². The second-order valence-electron chi connectivity index (χ2n) is 9.12. The third kappa shape index (κ3) is 6.22. The molecule has 2 amide bonds. The molecular formula is C24H34N4O4S. The van der Waals surface area contributed by atoms with Crippen molar-refractivity contribution in [1.82, 2.24) is 19.0 Å². The summed E-state index contributed by atoms with van der Waals surface area (Å²) in [5.74, 6) is 0.187. The number of rotatable bonds is 6. The van der Waals surface area contributed by atoms with Crippen LogP contribution in [0.5, 0.6) is 0 Å². The number of piperazine rings is 1. The number of hydrogen-bond acceptors (Lipinski definition) is 5. The number of amides is 2. The normalized spacial score (nSPS) is 21.7. The molecular weight excluding hydrogens is 440 g/mol. The van der Waals surface area contributed by atoms with Crippen molar-refractivity contribution in [1.29, 1.82) is 0 Å². The van der Waals surface area contributed by atoms with Gasteiger partial charge < -0.3 is 9.80 Å². The Labute approximate surface area is 196 Å². The molecule has 180 valence electrons. The van der Waals surface area contributed by atoms with Crippen LogP contribution in [-0.2, 0) is 19.6 Å². The Bertz CT molecular complexity index is 944. The zero-order chi connectivity index (χ0) is 23.3. The van der Waals surface area contributed by atoms with Crippen LogP contribution in [0.15, 0.2) is 35.7 Å². The summed E-state index contributed by atoms with van der Waals surface area (Å²) in [6, 6.07) is 9.35. The minimum absolute atomic E-state index is 0.123. The van der Waals surface area contributed by atoms with E-state index in [4.69, 9.17) is 0 Å². The zero-order valence-corrected chi connectivity index (χ0v) is 20.0. The summed E-state index contributed by atoms with van der Waals surface area (Å²) < 4.78 is 26.8. The molecule has 33 heavy (non-hydrogen) atoms. The fourth-order valence-electron chi connectivity index (χ4n) is 4.81. The van der Waals surface area contributed by atoms with Crippen molar-refractivity contribution in [2.24, 2.45) is 5.92 Å². The lowest BCUT2D eigenvalue weighted by molar-refractivity contribution is -0.139. The van der Waals surface area contributed by atoms with Gasteiger partial charge in [-0.2, -0.15) is 4.31 Å². The molecule has 0 N–H and O–H groups in total. The van der Waals surface area contributed by atoms with E-state index in [1.165, 1.54) is 9.71 Å². The lowest BCUT2D eigenvalue weighted by Crippen LogP contribution is -2.53. The smallest absolute Gasteiger partial charge is 0.236 e. The van der Waals surface area contributed by atoms with Crippen molar-refractivity contribution in [2.75, 3.05) is 58.9 Å². The highest BCUT2D eigenvalue weighted by atomic mass is 32.2. The summed E-state index contributed by atoms with van der Waals surface area (Å²) in [4.78, 5) is 31.3. The highest BCUT2D eigenvalue weighted by Gasteiger charge is 2.33. The van der Waals surface area contributed by atoms with Crippen LogP contribution in [0.3, 0.4) is 0 Å². The molecule has 0 aliphatic carbocycles. The molecule has 0 radical (unpaired) electrons. The molecule has 0 spiro atoms. The van der Waals surface area contributed by atoms with E-state index in [2.05, 4.69) is 4.90 Å². The number of piperidine rings is 1. The average molecular weight is 475 g/mol. The highest BCUT2D eigenvalue weighted by molar-refractivity contribution is 7.92. The van der Waals surface area contributed by atoms with Gasteiger partial charge in [0.25, 0.3) is 0 Å². The minimum atomic E-state index is -3.50. The van der Waals surface area contributed by atoms with E-state index in [1.54, 1.807) is 6.08 Å². The molecule has 9 heteroatoms. The molecule has 3 heterocycles. The van der Waals surface area contributed by atoms with Crippen molar-refractivity contribution >= 4 is 27.9 Å². The van der Waals surface area contributed by atoms with Gasteiger partial charge in [-0.25, -0.2) is 8.42 Å². The molecule has 3 aliphatic heterocycles. The van der Waals surface area contributed by atoms with E-state index in [0.29, 0.717) is 58.7 Å². The Morgan fingerprint density at radius 2 is 1.48 bits per heavy atom. The van der Waals surface area contributed by atoms with Crippen molar-refractivity contribution in [3.8, 4) is 0 Å². The second kappa shape index (κ2) is 10.8. The van der Waals surface area contributed by atoms with Crippen LogP contribution in [0.1, 0.15) is 31.2 Å². The van der Waals surface area contributed by atoms with E-state index in [0.717, 1.165) is 31.5 Å². The number of benzene rings is 1. The van der Waals surface area contributed by atoms with Crippen LogP contribution in [-0.4, -0.2) is 98.1 Å². The first kappa shape index (κ1) is 23.9. The Kier molecular flexibility index (Phi) is 7.82. The quantitative estimate of drug-likeness (QED) is 0.624. The number of carbonyl (C=O) groups is 2. The maximum Gasteiger partial charge on any atom is 0.236 e. The van der Waals surface area contributed by atoms with E-state index in [1.807, 2.05) is 40.1 Å². The summed E-state index contributed by atoms with van der Waals surface area (Å²) >= 11 is 0. The molecule has 3 aliphatic rings. The lowest BCUT2D eigenvalue weighted by Gasteiger charge is -2.38.